The molecule has 0 aromatic heterocycles. The van der Waals surface area contributed by atoms with E-state index >= 15 is 0 Å². The summed E-state index contributed by atoms with van der Waals surface area (Å²) in [5, 5.41) is 0. The molecule has 1 aliphatic carbocycles. The van der Waals surface area contributed by atoms with Crippen molar-refractivity contribution in [3.05, 3.63) is 0 Å². The highest BCUT2D eigenvalue weighted by Crippen LogP contribution is 2.46. The molecule has 0 bridgehead atoms. The van der Waals surface area contributed by atoms with Crippen LogP contribution in [-0.4, -0.2) is 46.5 Å². The van der Waals surface area contributed by atoms with Crippen molar-refractivity contribution < 1.29 is 17.1 Å². The lowest BCUT2D eigenvalue weighted by atomic mass is 9.64. The highest BCUT2D eigenvalue weighted by atomic mass is 28.5. The minimum atomic E-state index is -2.32. The summed E-state index contributed by atoms with van der Waals surface area (Å²) in [5.41, 5.74) is 0.729. The van der Waals surface area contributed by atoms with E-state index in [-0.39, 0.29) is 0 Å². The number of rotatable bonds is 11. The van der Waals surface area contributed by atoms with Crippen LogP contribution in [0.3, 0.4) is 0 Å². The Balaban J connectivity index is 2.70. The van der Waals surface area contributed by atoms with E-state index in [9.17, 15) is 0 Å². The summed E-state index contributed by atoms with van der Waals surface area (Å²) in [7, 11) is -7.90. The Morgan fingerprint density at radius 2 is 1.17 bits per heavy atom. The number of hydrogen-bond acceptors (Lipinski definition) is 4. The van der Waals surface area contributed by atoms with Gasteiger partial charge in [-0.25, -0.2) is 0 Å². The van der Waals surface area contributed by atoms with Gasteiger partial charge in [0.05, 0.1) is 6.10 Å². The molecule has 1 aliphatic rings. The predicted octanol–water partition coefficient (Wildman–Crippen LogP) is 7.49. The third-order valence-corrected chi connectivity index (χ3v) is 18.7. The maximum atomic E-state index is 6.78. The summed E-state index contributed by atoms with van der Waals surface area (Å²) in [4.78, 5) is 0. The average Bonchev–Trinajstić information content (AvgIpc) is 2.33. The summed E-state index contributed by atoms with van der Waals surface area (Å²) >= 11 is 0. The average molecular weight is 493 g/mol. The number of ether oxygens (including phenoxy) is 1. The Morgan fingerprint density at radius 3 is 1.60 bits per heavy atom. The van der Waals surface area contributed by atoms with E-state index in [0.29, 0.717) is 16.9 Å². The highest BCUT2D eigenvalue weighted by molar-refractivity contribution is 6.89. The third kappa shape index (κ3) is 12.1. The minimum absolute atomic E-state index is 0.365. The third-order valence-electron chi connectivity index (χ3n) is 5.18. The van der Waals surface area contributed by atoms with Crippen molar-refractivity contribution in [3.63, 3.8) is 0 Å². The Labute approximate surface area is 192 Å². The van der Waals surface area contributed by atoms with Gasteiger partial charge < -0.3 is 17.1 Å². The zero-order chi connectivity index (χ0) is 23.6. The maximum absolute atomic E-state index is 6.78. The molecule has 30 heavy (non-hydrogen) atoms. The summed E-state index contributed by atoms with van der Waals surface area (Å²) in [5.74, 6) is 0. The first-order valence-electron chi connectivity index (χ1n) is 11.8. The lowest BCUT2D eigenvalue weighted by molar-refractivity contribution is -0.0488. The van der Waals surface area contributed by atoms with E-state index in [1.165, 1.54) is 6.42 Å². The molecule has 0 heterocycles. The van der Waals surface area contributed by atoms with Crippen molar-refractivity contribution in [2.45, 2.75) is 124 Å². The molecule has 0 aromatic rings. The SMILES string of the molecule is CC1(C)CC(OCCC[Si](C)(O[Si](C)(C)C)O[Si](C)(C)O[Si](C)(C)C)CC(C)(C)C1. The predicted molar refractivity (Wildman–Crippen MR) is 140 cm³/mol. The molecular weight excluding hydrogens is 441 g/mol. The lowest BCUT2D eigenvalue weighted by Crippen LogP contribution is -2.56. The lowest BCUT2D eigenvalue weighted by Gasteiger charge is -2.45. The van der Waals surface area contributed by atoms with E-state index < -0.39 is 33.8 Å². The molecule has 4 nitrogen and oxygen atoms in total. The van der Waals surface area contributed by atoms with Crippen LogP contribution in [0, 0.1) is 10.8 Å². The van der Waals surface area contributed by atoms with Gasteiger partial charge >= 0.3 is 17.1 Å². The van der Waals surface area contributed by atoms with E-state index in [2.05, 4.69) is 86.6 Å². The van der Waals surface area contributed by atoms with Gasteiger partial charge in [0.15, 0.2) is 16.6 Å². The van der Waals surface area contributed by atoms with E-state index in [4.69, 9.17) is 17.1 Å². The van der Waals surface area contributed by atoms with E-state index in [0.717, 1.165) is 31.9 Å². The van der Waals surface area contributed by atoms with Crippen molar-refractivity contribution in [1.29, 1.82) is 0 Å². The van der Waals surface area contributed by atoms with Crippen LogP contribution in [0.5, 0.6) is 0 Å². The van der Waals surface area contributed by atoms with Crippen LogP contribution in [0.1, 0.15) is 53.4 Å². The van der Waals surface area contributed by atoms with Gasteiger partial charge in [0.2, 0.25) is 0 Å². The van der Waals surface area contributed by atoms with Crippen LogP contribution in [-0.2, 0) is 17.1 Å². The Morgan fingerprint density at radius 1 is 0.700 bits per heavy atom. The smallest absolute Gasteiger partial charge is 0.315 e. The molecule has 180 valence electrons. The molecule has 1 rings (SSSR count). The van der Waals surface area contributed by atoms with Crippen molar-refractivity contribution in [3.8, 4) is 0 Å². The number of hydrogen-bond donors (Lipinski definition) is 0. The van der Waals surface area contributed by atoms with Crippen LogP contribution in [0.15, 0.2) is 0 Å². The van der Waals surface area contributed by atoms with Crippen molar-refractivity contribution in [2.75, 3.05) is 6.61 Å². The fourth-order valence-corrected chi connectivity index (χ4v) is 23.5. The molecular formula is C22H52O4Si4. The molecule has 0 radical (unpaired) electrons. The van der Waals surface area contributed by atoms with Crippen molar-refractivity contribution in [1.82, 2.24) is 0 Å². The van der Waals surface area contributed by atoms with Crippen LogP contribution >= 0.6 is 0 Å². The molecule has 0 amide bonds. The summed E-state index contributed by atoms with van der Waals surface area (Å²) in [6.45, 7) is 30.5. The van der Waals surface area contributed by atoms with E-state index in [1.54, 1.807) is 0 Å². The molecule has 1 saturated carbocycles. The van der Waals surface area contributed by atoms with Crippen LogP contribution in [0.25, 0.3) is 0 Å². The van der Waals surface area contributed by atoms with Crippen LogP contribution in [0.4, 0.5) is 0 Å². The van der Waals surface area contributed by atoms with Crippen LogP contribution < -0.4 is 0 Å². The molecule has 1 unspecified atom stereocenters. The molecule has 0 spiro atoms. The van der Waals surface area contributed by atoms with Crippen molar-refractivity contribution in [2.24, 2.45) is 10.8 Å². The Kier molecular flexibility index (Phi) is 9.49. The first-order valence-corrected chi connectivity index (χ1v) is 24.0. The molecule has 8 heteroatoms. The van der Waals surface area contributed by atoms with Gasteiger partial charge in [0.1, 0.15) is 0 Å². The fraction of sp³-hybridized carbons (Fsp3) is 1.00. The van der Waals surface area contributed by atoms with Gasteiger partial charge in [-0.15, -0.1) is 0 Å². The normalized spacial score (nSPS) is 22.7. The molecule has 1 atom stereocenters. The molecule has 0 aromatic carbocycles. The summed E-state index contributed by atoms with van der Waals surface area (Å²) in [6.07, 6.45) is 4.98. The van der Waals surface area contributed by atoms with E-state index in [1.807, 2.05) is 0 Å². The maximum Gasteiger partial charge on any atom is 0.315 e. The second kappa shape index (κ2) is 9.91. The minimum Gasteiger partial charge on any atom is -0.437 e. The van der Waals surface area contributed by atoms with Gasteiger partial charge in [-0.1, -0.05) is 27.7 Å². The Bertz CT molecular complexity index is 536. The monoisotopic (exact) mass is 492 g/mol. The molecule has 0 N–H and O–H groups in total. The van der Waals surface area contributed by atoms with Gasteiger partial charge in [0, 0.05) is 6.61 Å². The standard InChI is InChI=1S/C22H52O4Si4/c1-21(2)17-20(18-22(3,4)19-21)23-15-14-16-30(13,25-28(8,9)10)26-29(11,12)24-27(5,6)7/h20H,14-19H2,1-13H3. The van der Waals surface area contributed by atoms with Crippen molar-refractivity contribution >= 4 is 33.8 Å². The van der Waals surface area contributed by atoms with Gasteiger partial charge in [0.25, 0.3) is 0 Å². The molecule has 0 aliphatic heterocycles. The fourth-order valence-electron chi connectivity index (χ4n) is 5.55. The first kappa shape index (κ1) is 28.7. The molecule has 1 fully saturated rings. The first-order chi connectivity index (χ1) is 13.1. The topological polar surface area (TPSA) is 36.9 Å². The van der Waals surface area contributed by atoms with Gasteiger partial charge in [-0.2, -0.15) is 0 Å². The van der Waals surface area contributed by atoms with Gasteiger partial charge in [-0.05, 0) is 101 Å². The van der Waals surface area contributed by atoms with Crippen LogP contribution in [0.2, 0.25) is 65.0 Å². The Hall–Kier alpha value is 0.708. The second-order valence-electron chi connectivity index (χ2n) is 13.6. The molecule has 0 saturated heterocycles. The highest BCUT2D eigenvalue weighted by Gasteiger charge is 2.44. The summed E-state index contributed by atoms with van der Waals surface area (Å²) in [6, 6.07) is 0.974. The quantitative estimate of drug-likeness (QED) is 0.221. The summed E-state index contributed by atoms with van der Waals surface area (Å²) < 4.78 is 26.4. The second-order valence-corrected chi connectivity index (χ2v) is 30.0. The zero-order valence-corrected chi connectivity index (χ0v) is 26.5. The largest absolute Gasteiger partial charge is 0.437 e. The zero-order valence-electron chi connectivity index (χ0n) is 22.5. The van der Waals surface area contributed by atoms with Gasteiger partial charge in [-0.3, -0.25) is 0 Å².